The van der Waals surface area contributed by atoms with Gasteiger partial charge in [-0.2, -0.15) is 0 Å². The number of carbonyl (C=O) groups excluding carboxylic acids is 6. The van der Waals surface area contributed by atoms with Gasteiger partial charge in [-0.1, -0.05) is 0 Å². The molecular formula is C18H27NO11. The maximum atomic E-state index is 12.6. The van der Waals surface area contributed by atoms with Crippen molar-refractivity contribution in [2.45, 2.75) is 59.0 Å². The van der Waals surface area contributed by atoms with Gasteiger partial charge in [-0.05, 0) is 0 Å². The molecule has 170 valence electrons. The minimum atomic E-state index is -1.75. The van der Waals surface area contributed by atoms with Crippen LogP contribution >= 0.6 is 0 Å². The number of hydrogen-bond donors (Lipinski definition) is 0. The Morgan fingerprint density at radius 2 is 1.07 bits per heavy atom. The van der Waals surface area contributed by atoms with Crippen LogP contribution in [0.25, 0.3) is 0 Å². The third-order valence-corrected chi connectivity index (χ3v) is 3.34. The molecule has 0 fully saturated rings. The van der Waals surface area contributed by atoms with Gasteiger partial charge < -0.3 is 28.6 Å². The molecule has 0 aromatic heterocycles. The summed E-state index contributed by atoms with van der Waals surface area (Å²) in [6, 6.07) is 0. The second kappa shape index (κ2) is 12.4. The SMILES string of the molecule is CC(=O)OCC(OC(C)=O)C(OC(C)=O)C(OC(C)=O)C(OC(C)=O)C(=O)N(C)C. The molecule has 0 bridgehead atoms. The molecule has 1 amide bonds. The molecular weight excluding hydrogens is 406 g/mol. The number of likely N-dealkylation sites (N-methyl/N-ethyl adjacent to an activating group) is 1. The predicted octanol–water partition coefficient (Wildman–Crippen LogP) is -0.635. The third-order valence-electron chi connectivity index (χ3n) is 3.34. The molecule has 0 aromatic rings. The normalized spacial score (nSPS) is 14.2. The summed E-state index contributed by atoms with van der Waals surface area (Å²) in [5.41, 5.74) is 0. The first-order chi connectivity index (χ1) is 13.8. The summed E-state index contributed by atoms with van der Waals surface area (Å²) in [6.07, 6.45) is -6.60. The molecule has 12 heteroatoms. The number of rotatable bonds is 10. The number of ether oxygens (including phenoxy) is 5. The number of esters is 5. The van der Waals surface area contributed by atoms with Gasteiger partial charge in [-0.15, -0.1) is 0 Å². The molecule has 12 nitrogen and oxygen atoms in total. The summed E-state index contributed by atoms with van der Waals surface area (Å²) in [6.45, 7) is 4.59. The Morgan fingerprint density at radius 3 is 1.43 bits per heavy atom. The minimum Gasteiger partial charge on any atom is -0.462 e. The number of carbonyl (C=O) groups is 6. The van der Waals surface area contributed by atoms with Crippen LogP contribution in [0.1, 0.15) is 34.6 Å². The van der Waals surface area contributed by atoms with Gasteiger partial charge in [0.2, 0.25) is 6.10 Å². The smallest absolute Gasteiger partial charge is 0.303 e. The van der Waals surface area contributed by atoms with Crippen LogP contribution in [0, 0.1) is 0 Å². The Hall–Kier alpha value is -3.18. The molecule has 0 saturated carbocycles. The first-order valence-corrected chi connectivity index (χ1v) is 8.79. The Morgan fingerprint density at radius 1 is 0.633 bits per heavy atom. The van der Waals surface area contributed by atoms with Crippen LogP contribution < -0.4 is 0 Å². The van der Waals surface area contributed by atoms with E-state index in [0.717, 1.165) is 39.5 Å². The summed E-state index contributed by atoms with van der Waals surface area (Å²) in [4.78, 5) is 71.5. The van der Waals surface area contributed by atoms with Crippen molar-refractivity contribution in [3.63, 3.8) is 0 Å². The van der Waals surface area contributed by atoms with Gasteiger partial charge in [-0.25, -0.2) is 0 Å². The first-order valence-electron chi connectivity index (χ1n) is 8.79. The quantitative estimate of drug-likeness (QED) is 0.319. The fourth-order valence-corrected chi connectivity index (χ4v) is 2.34. The van der Waals surface area contributed by atoms with E-state index in [1.54, 1.807) is 0 Å². The van der Waals surface area contributed by atoms with Crippen molar-refractivity contribution in [1.82, 2.24) is 4.90 Å². The molecule has 4 atom stereocenters. The van der Waals surface area contributed by atoms with Crippen LogP contribution in [-0.4, -0.2) is 85.8 Å². The Bertz CT molecular complexity index is 673. The van der Waals surface area contributed by atoms with E-state index < -0.39 is 66.8 Å². The van der Waals surface area contributed by atoms with E-state index in [2.05, 4.69) is 0 Å². The Kier molecular flexibility index (Phi) is 11.1. The van der Waals surface area contributed by atoms with Gasteiger partial charge >= 0.3 is 29.8 Å². The minimum absolute atomic E-state index is 0.590. The topological polar surface area (TPSA) is 152 Å². The van der Waals surface area contributed by atoms with E-state index in [1.807, 2.05) is 0 Å². The lowest BCUT2D eigenvalue weighted by Gasteiger charge is -2.35. The lowest BCUT2D eigenvalue weighted by Crippen LogP contribution is -2.57. The number of amides is 1. The Labute approximate surface area is 173 Å². The maximum Gasteiger partial charge on any atom is 0.303 e. The van der Waals surface area contributed by atoms with Crippen molar-refractivity contribution in [2.24, 2.45) is 0 Å². The van der Waals surface area contributed by atoms with E-state index >= 15 is 0 Å². The highest BCUT2D eigenvalue weighted by Gasteiger charge is 2.47. The van der Waals surface area contributed by atoms with Gasteiger partial charge in [0.1, 0.15) is 6.61 Å². The average molecular weight is 433 g/mol. The van der Waals surface area contributed by atoms with Crippen LogP contribution in [0.15, 0.2) is 0 Å². The van der Waals surface area contributed by atoms with Crippen molar-refractivity contribution >= 4 is 35.8 Å². The third kappa shape index (κ3) is 9.85. The highest BCUT2D eigenvalue weighted by molar-refractivity contribution is 5.84. The van der Waals surface area contributed by atoms with Crippen molar-refractivity contribution in [3.05, 3.63) is 0 Å². The second-order valence-electron chi connectivity index (χ2n) is 6.36. The van der Waals surface area contributed by atoms with Gasteiger partial charge in [0.15, 0.2) is 18.3 Å². The summed E-state index contributed by atoms with van der Waals surface area (Å²) >= 11 is 0. The molecule has 0 radical (unpaired) electrons. The lowest BCUT2D eigenvalue weighted by atomic mass is 10.0. The van der Waals surface area contributed by atoms with Crippen molar-refractivity contribution in [1.29, 1.82) is 0 Å². The molecule has 4 unspecified atom stereocenters. The van der Waals surface area contributed by atoms with Crippen LogP contribution in [0.2, 0.25) is 0 Å². The van der Waals surface area contributed by atoms with Crippen LogP contribution in [0.3, 0.4) is 0 Å². The number of hydrogen-bond acceptors (Lipinski definition) is 11. The molecule has 0 aliphatic heterocycles. The molecule has 0 aliphatic carbocycles. The zero-order valence-electron chi connectivity index (χ0n) is 18.0. The van der Waals surface area contributed by atoms with Gasteiger partial charge in [0.05, 0.1) is 0 Å². The van der Waals surface area contributed by atoms with E-state index in [4.69, 9.17) is 23.7 Å². The van der Waals surface area contributed by atoms with Crippen molar-refractivity contribution < 1.29 is 52.5 Å². The monoisotopic (exact) mass is 433 g/mol. The zero-order valence-corrected chi connectivity index (χ0v) is 18.0. The summed E-state index contributed by atoms with van der Waals surface area (Å²) < 4.78 is 25.2. The van der Waals surface area contributed by atoms with Gasteiger partial charge in [0.25, 0.3) is 5.91 Å². The van der Waals surface area contributed by atoms with Crippen LogP contribution in [-0.2, 0) is 52.5 Å². The zero-order chi connectivity index (χ0) is 23.6. The predicted molar refractivity (Wildman–Crippen MR) is 97.5 cm³/mol. The standard InChI is InChI=1S/C18H27NO11/c1-9(20)26-8-14(27-10(2)21)15(28-11(3)22)16(29-12(4)23)17(30-13(5)24)18(25)19(6)7/h14-17H,8H2,1-7H3. The lowest BCUT2D eigenvalue weighted by molar-refractivity contribution is -0.204. The second-order valence-corrected chi connectivity index (χ2v) is 6.36. The van der Waals surface area contributed by atoms with Crippen molar-refractivity contribution in [2.75, 3.05) is 20.7 Å². The molecule has 0 saturated heterocycles. The fourth-order valence-electron chi connectivity index (χ4n) is 2.34. The van der Waals surface area contributed by atoms with Gasteiger partial charge in [0, 0.05) is 48.7 Å². The average Bonchev–Trinajstić information content (AvgIpc) is 2.58. The summed E-state index contributed by atoms with van der Waals surface area (Å²) in [5, 5.41) is 0. The van der Waals surface area contributed by atoms with Crippen molar-refractivity contribution in [3.8, 4) is 0 Å². The molecule has 0 aliphatic rings. The highest BCUT2D eigenvalue weighted by atomic mass is 16.6. The van der Waals surface area contributed by atoms with E-state index in [1.165, 1.54) is 14.1 Å². The summed E-state index contributed by atoms with van der Waals surface area (Å²) in [7, 11) is 2.71. The van der Waals surface area contributed by atoms with Crippen LogP contribution in [0.4, 0.5) is 0 Å². The Balaban J connectivity index is 6.41. The van der Waals surface area contributed by atoms with E-state index in [9.17, 15) is 28.8 Å². The summed E-state index contributed by atoms with van der Waals surface area (Å²) in [5.74, 6) is -5.07. The van der Waals surface area contributed by atoms with Crippen LogP contribution in [0.5, 0.6) is 0 Å². The largest absolute Gasteiger partial charge is 0.462 e. The molecule has 0 spiro atoms. The van der Waals surface area contributed by atoms with Gasteiger partial charge in [-0.3, -0.25) is 28.8 Å². The molecule has 0 N–H and O–H groups in total. The molecule has 0 heterocycles. The van der Waals surface area contributed by atoms with E-state index in [-0.39, 0.29) is 0 Å². The molecule has 0 rings (SSSR count). The fraction of sp³-hybridized carbons (Fsp3) is 0.667. The number of nitrogens with zero attached hydrogens (tertiary/aromatic N) is 1. The molecule has 0 aromatic carbocycles. The highest BCUT2D eigenvalue weighted by Crippen LogP contribution is 2.21. The molecule has 30 heavy (non-hydrogen) atoms. The van der Waals surface area contributed by atoms with E-state index in [0.29, 0.717) is 0 Å². The first kappa shape index (κ1) is 26.8. The maximum absolute atomic E-state index is 12.6.